The van der Waals surface area contributed by atoms with E-state index < -0.39 is 23.3 Å². The van der Waals surface area contributed by atoms with Crippen LogP contribution in [0.25, 0.3) is 0 Å². The van der Waals surface area contributed by atoms with Crippen molar-refractivity contribution in [2.24, 2.45) is 16.9 Å². The summed E-state index contributed by atoms with van der Waals surface area (Å²) in [6.07, 6.45) is 3.21. The molecule has 2 heterocycles. The Labute approximate surface area is 164 Å². The summed E-state index contributed by atoms with van der Waals surface area (Å²) in [6, 6.07) is 3.35. The fourth-order valence-electron chi connectivity index (χ4n) is 3.25. The van der Waals surface area contributed by atoms with Gasteiger partial charge < -0.3 is 10.1 Å². The van der Waals surface area contributed by atoms with E-state index in [1.807, 2.05) is 0 Å². The van der Waals surface area contributed by atoms with Gasteiger partial charge in [0.1, 0.15) is 16.4 Å². The van der Waals surface area contributed by atoms with E-state index in [-0.39, 0.29) is 16.6 Å². The summed E-state index contributed by atoms with van der Waals surface area (Å²) >= 11 is 6.14. The topological polar surface area (TPSA) is 83.9 Å². The second kappa shape index (κ2) is 6.78. The van der Waals surface area contributed by atoms with Crippen LogP contribution >= 0.6 is 11.6 Å². The molecule has 146 valence electrons. The van der Waals surface area contributed by atoms with Crippen LogP contribution in [0, 0.1) is 18.8 Å². The van der Waals surface area contributed by atoms with Crippen LogP contribution in [0.5, 0.6) is 0 Å². The molecule has 0 radical (unpaired) electrons. The van der Waals surface area contributed by atoms with Crippen molar-refractivity contribution in [1.29, 1.82) is 0 Å². The van der Waals surface area contributed by atoms with Crippen LogP contribution in [0.2, 0.25) is 5.15 Å². The Morgan fingerprint density at radius 1 is 1.33 bits per heavy atom. The summed E-state index contributed by atoms with van der Waals surface area (Å²) in [5.74, 6) is -0.121. The molecular weight excluding hydrogens is 368 g/mol. The Morgan fingerprint density at radius 2 is 2.00 bits per heavy atom. The number of carbonyl (C=O) groups is 2. The van der Waals surface area contributed by atoms with Crippen LogP contribution in [-0.4, -0.2) is 39.5 Å². The first-order valence-electron chi connectivity index (χ1n) is 9.04. The first-order chi connectivity index (χ1) is 12.5. The van der Waals surface area contributed by atoms with E-state index in [9.17, 15) is 9.59 Å². The van der Waals surface area contributed by atoms with Crippen LogP contribution in [0.4, 0.5) is 4.79 Å². The number of aryl methyl sites for hydroxylation is 1. The van der Waals surface area contributed by atoms with Crippen molar-refractivity contribution >= 4 is 29.8 Å². The van der Waals surface area contributed by atoms with Gasteiger partial charge in [-0.1, -0.05) is 11.6 Å². The van der Waals surface area contributed by atoms with Gasteiger partial charge in [0.05, 0.1) is 5.56 Å². The zero-order chi connectivity index (χ0) is 20.0. The lowest BCUT2D eigenvalue weighted by Gasteiger charge is -2.38. The van der Waals surface area contributed by atoms with Gasteiger partial charge in [-0.05, 0) is 65.5 Å². The van der Waals surface area contributed by atoms with E-state index in [1.165, 1.54) is 5.01 Å². The molecule has 1 aliphatic carbocycles. The van der Waals surface area contributed by atoms with E-state index in [1.54, 1.807) is 53.0 Å². The van der Waals surface area contributed by atoms with Gasteiger partial charge in [-0.2, -0.15) is 10.1 Å². The fraction of sp³-hybridized carbons (Fsp3) is 0.579. The molecule has 0 spiro atoms. The minimum absolute atomic E-state index is 0.0915. The number of ether oxygens (including phenoxy) is 1. The zero-order valence-corrected chi connectivity index (χ0v) is 17.0. The number of hydrogen-bond acceptors (Lipinski definition) is 5. The molecule has 1 saturated carbocycles. The maximum absolute atomic E-state index is 12.9. The van der Waals surface area contributed by atoms with Gasteiger partial charge in [0.25, 0.3) is 5.91 Å². The Kier molecular flexibility index (Phi) is 4.93. The summed E-state index contributed by atoms with van der Waals surface area (Å²) in [5.41, 5.74) is -0.721. The standard InChI is InChI=1S/C19H25ClN4O3/c1-11-6-9-13(15(20)22-11)16(25)23-19(5)14(12-7-8-12)10-21-24(19)17(26)27-18(2,3)4/h6,9-10,12,14H,7-8H2,1-5H3,(H,23,25). The number of nitrogens with one attached hydrogen (secondary N) is 1. The molecule has 1 aromatic heterocycles. The lowest BCUT2D eigenvalue weighted by molar-refractivity contribution is -0.00898. The Balaban J connectivity index is 1.87. The number of amides is 2. The van der Waals surface area contributed by atoms with E-state index in [4.69, 9.17) is 16.3 Å². The molecule has 2 atom stereocenters. The summed E-state index contributed by atoms with van der Waals surface area (Å²) in [4.78, 5) is 29.7. The van der Waals surface area contributed by atoms with Crippen LogP contribution in [-0.2, 0) is 4.74 Å². The summed E-state index contributed by atoms with van der Waals surface area (Å²) in [5, 5.41) is 8.58. The number of hydrogen-bond donors (Lipinski definition) is 1. The number of nitrogens with zero attached hydrogens (tertiary/aromatic N) is 3. The van der Waals surface area contributed by atoms with Gasteiger partial charge >= 0.3 is 6.09 Å². The van der Waals surface area contributed by atoms with Crippen molar-refractivity contribution in [2.45, 2.75) is 58.7 Å². The molecular formula is C19H25ClN4O3. The van der Waals surface area contributed by atoms with Gasteiger partial charge in [-0.25, -0.2) is 9.78 Å². The second-order valence-electron chi connectivity index (χ2n) is 8.31. The molecule has 7 nitrogen and oxygen atoms in total. The average molecular weight is 393 g/mol. The molecule has 8 heteroatoms. The number of pyridine rings is 1. The van der Waals surface area contributed by atoms with Gasteiger partial charge in [-0.3, -0.25) is 4.79 Å². The highest BCUT2D eigenvalue weighted by molar-refractivity contribution is 6.32. The fourth-order valence-corrected chi connectivity index (χ4v) is 3.53. The van der Waals surface area contributed by atoms with Crippen LogP contribution in [0.1, 0.15) is 56.6 Å². The molecule has 2 unspecified atom stereocenters. The monoisotopic (exact) mass is 392 g/mol. The van der Waals surface area contributed by atoms with Crippen molar-refractivity contribution in [3.63, 3.8) is 0 Å². The molecule has 0 bridgehead atoms. The van der Waals surface area contributed by atoms with Crippen molar-refractivity contribution in [1.82, 2.24) is 15.3 Å². The highest BCUT2D eigenvalue weighted by Crippen LogP contribution is 2.45. The van der Waals surface area contributed by atoms with Crippen LogP contribution in [0.3, 0.4) is 0 Å². The van der Waals surface area contributed by atoms with Crippen LogP contribution < -0.4 is 5.32 Å². The highest BCUT2D eigenvalue weighted by Gasteiger charge is 2.54. The molecule has 2 amide bonds. The van der Waals surface area contributed by atoms with E-state index in [0.29, 0.717) is 5.92 Å². The van der Waals surface area contributed by atoms with Crippen molar-refractivity contribution < 1.29 is 14.3 Å². The maximum atomic E-state index is 12.9. The quantitative estimate of drug-likeness (QED) is 0.794. The highest BCUT2D eigenvalue weighted by atomic mass is 35.5. The SMILES string of the molecule is Cc1ccc(C(=O)NC2(C)C(C3CC3)C=NN2C(=O)OC(C)(C)C)c(Cl)n1. The van der Waals surface area contributed by atoms with E-state index in [2.05, 4.69) is 15.4 Å². The Hall–Kier alpha value is -2.15. The number of aromatic nitrogens is 1. The third kappa shape index (κ3) is 4.08. The van der Waals surface area contributed by atoms with Gasteiger partial charge in [0.2, 0.25) is 0 Å². The molecule has 1 aromatic rings. The van der Waals surface area contributed by atoms with Gasteiger partial charge in [-0.15, -0.1) is 0 Å². The molecule has 1 fully saturated rings. The molecule has 2 aliphatic rings. The molecule has 3 rings (SSSR count). The van der Waals surface area contributed by atoms with Crippen molar-refractivity contribution in [3.8, 4) is 0 Å². The number of halogens is 1. The number of hydrazone groups is 1. The molecule has 0 aromatic carbocycles. The summed E-state index contributed by atoms with van der Waals surface area (Å²) in [7, 11) is 0. The Morgan fingerprint density at radius 3 is 2.56 bits per heavy atom. The van der Waals surface area contributed by atoms with Crippen LogP contribution in [0.15, 0.2) is 17.2 Å². The first kappa shape index (κ1) is 19.6. The zero-order valence-electron chi connectivity index (χ0n) is 16.2. The van der Waals surface area contributed by atoms with Crippen molar-refractivity contribution in [3.05, 3.63) is 28.5 Å². The minimum Gasteiger partial charge on any atom is -0.442 e. The first-order valence-corrected chi connectivity index (χ1v) is 9.42. The normalized spacial score (nSPS) is 24.8. The van der Waals surface area contributed by atoms with Gasteiger partial charge in [0.15, 0.2) is 0 Å². The lowest BCUT2D eigenvalue weighted by atomic mass is 9.90. The molecule has 1 aliphatic heterocycles. The largest absolute Gasteiger partial charge is 0.442 e. The summed E-state index contributed by atoms with van der Waals surface area (Å²) in [6.45, 7) is 8.96. The Bertz CT molecular complexity index is 801. The van der Waals surface area contributed by atoms with E-state index >= 15 is 0 Å². The number of carbonyl (C=O) groups excluding carboxylic acids is 2. The molecule has 27 heavy (non-hydrogen) atoms. The third-order valence-electron chi connectivity index (χ3n) is 4.73. The second-order valence-corrected chi connectivity index (χ2v) is 8.67. The molecule has 1 N–H and O–H groups in total. The third-order valence-corrected chi connectivity index (χ3v) is 5.02. The minimum atomic E-state index is -1.03. The summed E-state index contributed by atoms with van der Waals surface area (Å²) < 4.78 is 5.48. The average Bonchev–Trinajstić information content (AvgIpc) is 3.28. The number of rotatable bonds is 3. The lowest BCUT2D eigenvalue weighted by Crippen LogP contribution is -2.61. The van der Waals surface area contributed by atoms with Gasteiger partial charge in [0, 0.05) is 17.8 Å². The van der Waals surface area contributed by atoms with Crippen molar-refractivity contribution in [2.75, 3.05) is 0 Å². The predicted octanol–water partition coefficient (Wildman–Crippen LogP) is 3.75. The van der Waals surface area contributed by atoms with E-state index in [0.717, 1.165) is 18.5 Å². The molecule has 0 saturated heterocycles. The smallest absolute Gasteiger partial charge is 0.433 e. The predicted molar refractivity (Wildman–Crippen MR) is 103 cm³/mol. The maximum Gasteiger partial charge on any atom is 0.433 e.